The van der Waals surface area contributed by atoms with Gasteiger partial charge in [0.15, 0.2) is 0 Å². The minimum absolute atomic E-state index is 0.236. The van der Waals surface area contributed by atoms with Crippen LogP contribution in [-0.2, 0) is 0 Å². The second-order valence-electron chi connectivity index (χ2n) is 3.94. The predicted octanol–water partition coefficient (Wildman–Crippen LogP) is 2.39. The average molecular weight is 194 g/mol. The van der Waals surface area contributed by atoms with Crippen molar-refractivity contribution < 1.29 is 9.84 Å². The first-order chi connectivity index (χ1) is 6.59. The van der Waals surface area contributed by atoms with Gasteiger partial charge in [0.25, 0.3) is 0 Å². The van der Waals surface area contributed by atoms with Gasteiger partial charge in [-0.15, -0.1) is 0 Å². The van der Waals surface area contributed by atoms with E-state index in [1.165, 1.54) is 5.56 Å². The molecule has 2 heteroatoms. The van der Waals surface area contributed by atoms with E-state index in [9.17, 15) is 5.11 Å². The average Bonchev–Trinajstić information content (AvgIpc) is 2.14. The van der Waals surface area contributed by atoms with Crippen molar-refractivity contribution in [2.45, 2.75) is 26.9 Å². The molecule has 1 unspecified atom stereocenters. The number of aliphatic hydroxyl groups is 1. The van der Waals surface area contributed by atoms with Gasteiger partial charge in [-0.25, -0.2) is 0 Å². The third kappa shape index (κ3) is 3.38. The van der Waals surface area contributed by atoms with Crippen molar-refractivity contribution in [3.63, 3.8) is 0 Å². The largest absolute Gasteiger partial charge is 0.491 e. The second kappa shape index (κ2) is 5.01. The lowest BCUT2D eigenvalue weighted by Gasteiger charge is -2.15. The van der Waals surface area contributed by atoms with Crippen molar-refractivity contribution in [2.24, 2.45) is 5.92 Å². The molecule has 1 atom stereocenters. The maximum Gasteiger partial charge on any atom is 0.119 e. The lowest BCUT2D eigenvalue weighted by Crippen LogP contribution is -2.23. The third-order valence-corrected chi connectivity index (χ3v) is 2.18. The highest BCUT2D eigenvalue weighted by Crippen LogP contribution is 2.13. The Morgan fingerprint density at radius 3 is 2.64 bits per heavy atom. The molecule has 0 saturated carbocycles. The van der Waals surface area contributed by atoms with Crippen molar-refractivity contribution >= 4 is 0 Å². The van der Waals surface area contributed by atoms with E-state index in [4.69, 9.17) is 4.74 Å². The van der Waals surface area contributed by atoms with E-state index in [0.717, 1.165) is 5.75 Å². The summed E-state index contributed by atoms with van der Waals surface area (Å²) in [6.07, 6.45) is -0.393. The molecule has 1 aromatic carbocycles. The highest BCUT2D eigenvalue weighted by molar-refractivity contribution is 5.27. The van der Waals surface area contributed by atoms with Crippen molar-refractivity contribution in [3.05, 3.63) is 29.8 Å². The summed E-state index contributed by atoms with van der Waals surface area (Å²) >= 11 is 0. The van der Waals surface area contributed by atoms with Crippen molar-refractivity contribution in [1.29, 1.82) is 0 Å². The van der Waals surface area contributed by atoms with Gasteiger partial charge in [-0.05, 0) is 30.5 Å². The van der Waals surface area contributed by atoms with Gasteiger partial charge in [-0.3, -0.25) is 0 Å². The SMILES string of the molecule is Cc1cccc(OCC(O)C(C)C)c1. The van der Waals surface area contributed by atoms with Crippen LogP contribution in [0.3, 0.4) is 0 Å². The topological polar surface area (TPSA) is 29.5 Å². The van der Waals surface area contributed by atoms with Crippen LogP contribution < -0.4 is 4.74 Å². The zero-order chi connectivity index (χ0) is 10.6. The molecule has 0 fully saturated rings. The molecule has 2 nitrogen and oxygen atoms in total. The summed E-state index contributed by atoms with van der Waals surface area (Å²) in [6.45, 7) is 6.33. The molecule has 0 spiro atoms. The molecule has 1 aromatic rings. The number of rotatable bonds is 4. The van der Waals surface area contributed by atoms with Crippen LogP contribution >= 0.6 is 0 Å². The minimum Gasteiger partial charge on any atom is -0.491 e. The molecule has 0 heterocycles. The van der Waals surface area contributed by atoms with Crippen molar-refractivity contribution in [1.82, 2.24) is 0 Å². The summed E-state index contributed by atoms with van der Waals surface area (Å²) in [5.74, 6) is 1.06. The molecule has 1 rings (SSSR count). The zero-order valence-electron chi connectivity index (χ0n) is 9.03. The number of aliphatic hydroxyl groups excluding tert-OH is 1. The quantitative estimate of drug-likeness (QED) is 0.797. The highest BCUT2D eigenvalue weighted by Gasteiger charge is 2.09. The minimum atomic E-state index is -0.393. The molecule has 0 aromatic heterocycles. The van der Waals surface area contributed by atoms with Gasteiger partial charge in [0, 0.05) is 0 Å². The van der Waals surface area contributed by atoms with Gasteiger partial charge in [0.1, 0.15) is 12.4 Å². The predicted molar refractivity (Wildman–Crippen MR) is 57.5 cm³/mol. The number of aryl methyl sites for hydroxylation is 1. The zero-order valence-corrected chi connectivity index (χ0v) is 9.03. The van der Waals surface area contributed by atoms with Crippen LogP contribution in [0.25, 0.3) is 0 Å². The summed E-state index contributed by atoms with van der Waals surface area (Å²) in [5.41, 5.74) is 1.17. The van der Waals surface area contributed by atoms with Gasteiger partial charge < -0.3 is 9.84 Å². The number of benzene rings is 1. The smallest absolute Gasteiger partial charge is 0.119 e. The first kappa shape index (κ1) is 11.1. The number of ether oxygens (including phenoxy) is 1. The van der Waals surface area contributed by atoms with Crippen molar-refractivity contribution in [3.8, 4) is 5.75 Å². The Hall–Kier alpha value is -1.02. The van der Waals surface area contributed by atoms with Gasteiger partial charge in [-0.1, -0.05) is 26.0 Å². The Morgan fingerprint density at radius 1 is 1.36 bits per heavy atom. The van der Waals surface area contributed by atoms with E-state index in [-0.39, 0.29) is 5.92 Å². The summed E-state index contributed by atoms with van der Waals surface area (Å²) in [6, 6.07) is 7.84. The van der Waals surface area contributed by atoms with E-state index in [1.807, 2.05) is 45.0 Å². The summed E-state index contributed by atoms with van der Waals surface area (Å²) in [7, 11) is 0. The standard InChI is InChI=1S/C12H18O2/c1-9(2)12(13)8-14-11-6-4-5-10(3)7-11/h4-7,9,12-13H,8H2,1-3H3. The first-order valence-corrected chi connectivity index (χ1v) is 4.97. The number of hydrogen-bond donors (Lipinski definition) is 1. The van der Waals surface area contributed by atoms with Gasteiger partial charge in [0.05, 0.1) is 6.10 Å². The van der Waals surface area contributed by atoms with Crippen LogP contribution in [0.15, 0.2) is 24.3 Å². The molecule has 0 aliphatic rings. The maximum absolute atomic E-state index is 9.53. The van der Waals surface area contributed by atoms with Crippen LogP contribution in [0.2, 0.25) is 0 Å². The van der Waals surface area contributed by atoms with Crippen LogP contribution in [0.1, 0.15) is 19.4 Å². The molecule has 0 saturated heterocycles. The van der Waals surface area contributed by atoms with Gasteiger partial charge in [-0.2, -0.15) is 0 Å². The Bertz CT molecular complexity index is 281. The van der Waals surface area contributed by atoms with E-state index in [2.05, 4.69) is 0 Å². The summed E-state index contributed by atoms with van der Waals surface area (Å²) < 4.78 is 5.46. The molecular weight excluding hydrogens is 176 g/mol. The monoisotopic (exact) mass is 194 g/mol. The van der Waals surface area contributed by atoms with Crippen molar-refractivity contribution in [2.75, 3.05) is 6.61 Å². The Kier molecular flexibility index (Phi) is 3.96. The Morgan fingerprint density at radius 2 is 2.07 bits per heavy atom. The van der Waals surface area contributed by atoms with E-state index in [0.29, 0.717) is 6.61 Å². The van der Waals surface area contributed by atoms with E-state index >= 15 is 0 Å². The molecule has 78 valence electrons. The van der Waals surface area contributed by atoms with Gasteiger partial charge >= 0.3 is 0 Å². The summed E-state index contributed by atoms with van der Waals surface area (Å²) in [4.78, 5) is 0. The number of hydrogen-bond acceptors (Lipinski definition) is 2. The Balaban J connectivity index is 2.45. The third-order valence-electron chi connectivity index (χ3n) is 2.18. The Labute approximate surface area is 85.5 Å². The molecule has 0 aliphatic carbocycles. The molecule has 0 bridgehead atoms. The normalized spacial score (nSPS) is 12.9. The fourth-order valence-corrected chi connectivity index (χ4v) is 1.08. The van der Waals surface area contributed by atoms with Crippen LogP contribution in [0.4, 0.5) is 0 Å². The molecule has 0 aliphatic heterocycles. The van der Waals surface area contributed by atoms with Gasteiger partial charge in [0.2, 0.25) is 0 Å². The van der Waals surface area contributed by atoms with E-state index < -0.39 is 6.10 Å². The van der Waals surface area contributed by atoms with Crippen LogP contribution in [0, 0.1) is 12.8 Å². The molecular formula is C12H18O2. The maximum atomic E-state index is 9.53. The van der Waals surface area contributed by atoms with Crippen LogP contribution in [0.5, 0.6) is 5.75 Å². The highest BCUT2D eigenvalue weighted by atomic mass is 16.5. The van der Waals surface area contributed by atoms with E-state index in [1.54, 1.807) is 0 Å². The fourth-order valence-electron chi connectivity index (χ4n) is 1.08. The molecule has 0 radical (unpaired) electrons. The lowest BCUT2D eigenvalue weighted by atomic mass is 10.1. The first-order valence-electron chi connectivity index (χ1n) is 4.97. The molecule has 14 heavy (non-hydrogen) atoms. The fraction of sp³-hybridized carbons (Fsp3) is 0.500. The molecule has 0 amide bonds. The molecule has 1 N–H and O–H groups in total. The lowest BCUT2D eigenvalue weighted by molar-refractivity contribution is 0.0701. The summed E-state index contributed by atoms with van der Waals surface area (Å²) in [5, 5.41) is 9.53. The second-order valence-corrected chi connectivity index (χ2v) is 3.94. The van der Waals surface area contributed by atoms with Crippen LogP contribution in [-0.4, -0.2) is 17.8 Å².